The summed E-state index contributed by atoms with van der Waals surface area (Å²) in [5, 5.41) is 4.89. The second-order valence-electron chi connectivity index (χ2n) is 4.93. The summed E-state index contributed by atoms with van der Waals surface area (Å²) < 4.78 is 5.47. The fourth-order valence-electron chi connectivity index (χ4n) is 2.08. The third-order valence-electron chi connectivity index (χ3n) is 3.27. The van der Waals surface area contributed by atoms with Crippen molar-refractivity contribution in [1.29, 1.82) is 0 Å². The van der Waals surface area contributed by atoms with Crippen LogP contribution in [-0.2, 0) is 9.59 Å². The number of thiocarbonyl (C=S) groups is 1. The number of carbonyl (C=O) groups excluding carboxylic acids is 2. The molecule has 6 nitrogen and oxygen atoms in total. The lowest BCUT2D eigenvalue weighted by Crippen LogP contribution is -2.36. The smallest absolute Gasteiger partial charge is 0.266 e. The average molecular weight is 391 g/mol. The number of thiazole rings is 1. The van der Waals surface area contributed by atoms with Gasteiger partial charge in [-0.3, -0.25) is 14.5 Å². The van der Waals surface area contributed by atoms with Crippen molar-refractivity contribution in [3.63, 3.8) is 0 Å². The molecule has 25 heavy (non-hydrogen) atoms. The van der Waals surface area contributed by atoms with Crippen LogP contribution in [0.25, 0.3) is 6.08 Å². The van der Waals surface area contributed by atoms with Gasteiger partial charge in [-0.2, -0.15) is 0 Å². The first-order valence-corrected chi connectivity index (χ1v) is 9.26. The molecule has 1 saturated heterocycles. The Morgan fingerprint density at radius 1 is 1.40 bits per heavy atom. The van der Waals surface area contributed by atoms with Gasteiger partial charge in [0.15, 0.2) is 5.13 Å². The van der Waals surface area contributed by atoms with E-state index in [2.05, 4.69) is 10.3 Å². The first-order chi connectivity index (χ1) is 12.1. The predicted octanol–water partition coefficient (Wildman–Crippen LogP) is 2.99. The first kappa shape index (κ1) is 17.6. The lowest BCUT2D eigenvalue weighted by atomic mass is 10.2. The predicted molar refractivity (Wildman–Crippen MR) is 104 cm³/mol. The number of ether oxygens (including phenoxy) is 1. The van der Waals surface area contributed by atoms with Gasteiger partial charge in [-0.25, -0.2) is 4.98 Å². The minimum absolute atomic E-state index is 0.135. The minimum Gasteiger partial charge on any atom is -0.497 e. The highest BCUT2D eigenvalue weighted by atomic mass is 32.2. The van der Waals surface area contributed by atoms with Crippen LogP contribution < -0.4 is 10.1 Å². The summed E-state index contributed by atoms with van der Waals surface area (Å²) in [6, 6.07) is 7.32. The van der Waals surface area contributed by atoms with Crippen LogP contribution in [-0.4, -0.2) is 39.7 Å². The molecule has 1 aromatic carbocycles. The number of rotatable bonds is 5. The zero-order valence-corrected chi connectivity index (χ0v) is 15.5. The van der Waals surface area contributed by atoms with Crippen molar-refractivity contribution < 1.29 is 14.3 Å². The van der Waals surface area contributed by atoms with Crippen molar-refractivity contribution >= 4 is 62.7 Å². The van der Waals surface area contributed by atoms with Crippen molar-refractivity contribution in [2.45, 2.75) is 0 Å². The molecule has 0 aliphatic carbocycles. The van der Waals surface area contributed by atoms with Crippen molar-refractivity contribution in [3.8, 4) is 5.75 Å². The molecular formula is C16H13N3O3S3. The second-order valence-corrected chi connectivity index (χ2v) is 7.50. The van der Waals surface area contributed by atoms with Gasteiger partial charge in [-0.1, -0.05) is 36.1 Å². The summed E-state index contributed by atoms with van der Waals surface area (Å²) in [4.78, 5) is 30.3. The van der Waals surface area contributed by atoms with Crippen LogP contribution in [0.2, 0.25) is 0 Å². The third kappa shape index (κ3) is 4.25. The molecule has 0 bridgehead atoms. The monoisotopic (exact) mass is 391 g/mol. The third-order valence-corrected chi connectivity index (χ3v) is 5.33. The van der Waals surface area contributed by atoms with E-state index in [0.717, 1.165) is 11.3 Å². The van der Waals surface area contributed by atoms with Gasteiger partial charge in [0.25, 0.3) is 5.91 Å². The van der Waals surface area contributed by atoms with Gasteiger partial charge in [0.05, 0.1) is 12.0 Å². The number of hydrogen-bond donors (Lipinski definition) is 1. The molecule has 1 aliphatic heterocycles. The Morgan fingerprint density at radius 2 is 2.16 bits per heavy atom. The molecule has 1 aromatic heterocycles. The number of anilines is 1. The van der Waals surface area contributed by atoms with Crippen molar-refractivity contribution in [1.82, 2.24) is 9.88 Å². The fraction of sp³-hybridized carbons (Fsp3) is 0.125. The first-order valence-electron chi connectivity index (χ1n) is 7.15. The average Bonchev–Trinajstić information content (AvgIpc) is 3.20. The molecule has 0 unspecified atom stereocenters. The summed E-state index contributed by atoms with van der Waals surface area (Å²) in [7, 11) is 1.59. The van der Waals surface area contributed by atoms with Crippen LogP contribution >= 0.6 is 35.3 Å². The largest absolute Gasteiger partial charge is 0.497 e. The standard InChI is InChI=1S/C16H13N3O3S3/c1-22-11-4-2-10(3-5-11)8-12-14(21)19(16(23)25-12)9-13(20)18-15-17-6-7-24-15/h2-8H,9H2,1H3,(H,17,18,20)/b12-8-. The summed E-state index contributed by atoms with van der Waals surface area (Å²) in [5.74, 6) is 0.126. The molecule has 1 fully saturated rings. The van der Waals surface area contributed by atoms with Crippen molar-refractivity contribution in [3.05, 3.63) is 46.3 Å². The van der Waals surface area contributed by atoms with E-state index in [4.69, 9.17) is 17.0 Å². The Bertz CT molecular complexity index is 832. The molecular weight excluding hydrogens is 378 g/mol. The number of nitrogens with one attached hydrogen (secondary N) is 1. The summed E-state index contributed by atoms with van der Waals surface area (Å²) >= 11 is 7.72. The number of thioether (sulfide) groups is 1. The lowest BCUT2D eigenvalue weighted by Gasteiger charge is -2.13. The summed E-state index contributed by atoms with van der Waals surface area (Å²) in [5.41, 5.74) is 0.855. The van der Waals surface area contributed by atoms with Gasteiger partial charge in [-0.05, 0) is 23.8 Å². The lowest BCUT2D eigenvalue weighted by molar-refractivity contribution is -0.126. The minimum atomic E-state index is -0.336. The number of benzene rings is 1. The number of aromatic nitrogens is 1. The molecule has 128 valence electrons. The van der Waals surface area contributed by atoms with Gasteiger partial charge in [0.2, 0.25) is 5.91 Å². The normalized spacial score (nSPS) is 15.7. The van der Waals surface area contributed by atoms with Crippen LogP contribution in [0, 0.1) is 0 Å². The number of methoxy groups -OCH3 is 1. The summed E-state index contributed by atoms with van der Waals surface area (Å²) in [6.07, 6.45) is 3.34. The maximum Gasteiger partial charge on any atom is 0.266 e. The van der Waals surface area contributed by atoms with E-state index >= 15 is 0 Å². The maximum atomic E-state index is 12.5. The van der Waals surface area contributed by atoms with E-state index in [1.807, 2.05) is 24.3 Å². The van der Waals surface area contributed by atoms with Crippen molar-refractivity contribution in [2.75, 3.05) is 19.0 Å². The van der Waals surface area contributed by atoms with Crippen LogP contribution in [0.15, 0.2) is 40.7 Å². The Hall–Kier alpha value is -2.23. The molecule has 2 heterocycles. The Labute approximate surface area is 157 Å². The number of nitrogens with zero attached hydrogens (tertiary/aromatic N) is 2. The second kappa shape index (κ2) is 7.77. The molecule has 9 heteroatoms. The Morgan fingerprint density at radius 3 is 2.80 bits per heavy atom. The SMILES string of the molecule is COc1ccc(/C=C2\SC(=S)N(CC(=O)Nc3nccs3)C2=O)cc1. The number of hydrogen-bond acceptors (Lipinski definition) is 7. The van der Waals surface area contributed by atoms with Crippen LogP contribution in [0.1, 0.15) is 5.56 Å². The topological polar surface area (TPSA) is 71.5 Å². The van der Waals surface area contributed by atoms with Crippen molar-refractivity contribution in [2.24, 2.45) is 0 Å². The quantitative estimate of drug-likeness (QED) is 0.624. The van der Waals surface area contributed by atoms with Gasteiger partial charge >= 0.3 is 0 Å². The Kier molecular flexibility index (Phi) is 5.47. The molecule has 0 atom stereocenters. The zero-order chi connectivity index (χ0) is 17.8. The van der Waals surface area contributed by atoms with E-state index in [-0.39, 0.29) is 18.4 Å². The Balaban J connectivity index is 1.68. The molecule has 2 aromatic rings. The van der Waals surface area contributed by atoms with Crippen LogP contribution in [0.4, 0.5) is 5.13 Å². The van der Waals surface area contributed by atoms with Gasteiger partial charge < -0.3 is 10.1 Å². The number of amides is 2. The van der Waals surface area contributed by atoms with E-state index in [1.165, 1.54) is 28.0 Å². The van der Waals surface area contributed by atoms with Gasteiger partial charge in [0, 0.05) is 11.6 Å². The van der Waals surface area contributed by atoms with Crippen LogP contribution in [0.5, 0.6) is 5.75 Å². The fourth-order valence-corrected chi connectivity index (χ4v) is 3.88. The highest BCUT2D eigenvalue weighted by molar-refractivity contribution is 8.26. The van der Waals surface area contributed by atoms with Crippen LogP contribution in [0.3, 0.4) is 0 Å². The maximum absolute atomic E-state index is 12.5. The van der Waals surface area contributed by atoms with Gasteiger partial charge in [-0.15, -0.1) is 11.3 Å². The van der Waals surface area contributed by atoms with E-state index in [0.29, 0.717) is 14.4 Å². The molecule has 2 amide bonds. The molecule has 0 radical (unpaired) electrons. The van der Waals surface area contributed by atoms with E-state index < -0.39 is 0 Å². The molecule has 1 N–H and O–H groups in total. The molecule has 0 spiro atoms. The van der Waals surface area contributed by atoms with E-state index in [9.17, 15) is 9.59 Å². The van der Waals surface area contributed by atoms with Gasteiger partial charge in [0.1, 0.15) is 16.6 Å². The molecule has 0 saturated carbocycles. The van der Waals surface area contributed by atoms with E-state index in [1.54, 1.807) is 24.8 Å². The number of carbonyl (C=O) groups is 2. The zero-order valence-electron chi connectivity index (χ0n) is 13.1. The molecule has 3 rings (SSSR count). The summed E-state index contributed by atoms with van der Waals surface area (Å²) in [6.45, 7) is -0.135. The molecule has 1 aliphatic rings. The highest BCUT2D eigenvalue weighted by Gasteiger charge is 2.33. The highest BCUT2D eigenvalue weighted by Crippen LogP contribution is 2.32.